The molecule has 0 radical (unpaired) electrons. The summed E-state index contributed by atoms with van der Waals surface area (Å²) in [4.78, 5) is 23.9. The maximum absolute atomic E-state index is 12.2. The summed E-state index contributed by atoms with van der Waals surface area (Å²) in [6.45, 7) is 0. The van der Waals surface area contributed by atoms with Gasteiger partial charge in [-0.2, -0.15) is 0 Å². The average Bonchev–Trinajstić information content (AvgIpc) is 3.15. The van der Waals surface area contributed by atoms with E-state index in [2.05, 4.69) is 5.32 Å². The van der Waals surface area contributed by atoms with Gasteiger partial charge in [0.1, 0.15) is 11.5 Å². The van der Waals surface area contributed by atoms with E-state index >= 15 is 0 Å². The van der Waals surface area contributed by atoms with Crippen molar-refractivity contribution in [1.82, 2.24) is 0 Å². The van der Waals surface area contributed by atoms with Gasteiger partial charge in [-0.25, -0.2) is 4.79 Å². The number of amides is 1. The van der Waals surface area contributed by atoms with E-state index in [4.69, 9.17) is 32.4 Å². The van der Waals surface area contributed by atoms with Gasteiger partial charge in [0.15, 0.2) is 0 Å². The third-order valence-corrected chi connectivity index (χ3v) is 4.36. The van der Waals surface area contributed by atoms with Crippen LogP contribution in [0.5, 0.6) is 0 Å². The Labute approximate surface area is 171 Å². The summed E-state index contributed by atoms with van der Waals surface area (Å²) in [6.07, 6.45) is 2.82. The van der Waals surface area contributed by atoms with E-state index < -0.39 is 11.9 Å². The van der Waals surface area contributed by atoms with Crippen LogP contribution in [0.3, 0.4) is 0 Å². The molecule has 28 heavy (non-hydrogen) atoms. The summed E-state index contributed by atoms with van der Waals surface area (Å²) < 4.78 is 10.4. The number of furan rings is 1. The van der Waals surface area contributed by atoms with Gasteiger partial charge >= 0.3 is 5.97 Å². The Morgan fingerprint density at radius 1 is 1.07 bits per heavy atom. The standard InChI is InChI=1S/C21H15Cl2NO4/c1-27-21(26)16-4-2-3-5-18(16)24-20(25)11-8-14-7-10-19(28-14)15-9-6-13(22)12-17(15)23/h2-12H,1H3,(H,24,25)/b11-8+. The predicted octanol–water partition coefficient (Wildman–Crippen LogP) is 5.69. The third-order valence-electron chi connectivity index (χ3n) is 3.81. The lowest BCUT2D eigenvalue weighted by Gasteiger charge is -2.07. The van der Waals surface area contributed by atoms with Crippen molar-refractivity contribution in [3.05, 3.63) is 82.0 Å². The lowest BCUT2D eigenvalue weighted by Crippen LogP contribution is -2.12. The molecule has 1 heterocycles. The Morgan fingerprint density at radius 3 is 2.61 bits per heavy atom. The summed E-state index contributed by atoms with van der Waals surface area (Å²) in [5, 5.41) is 3.64. The second-order valence-electron chi connectivity index (χ2n) is 5.69. The number of hydrogen-bond acceptors (Lipinski definition) is 4. The molecule has 0 spiro atoms. The molecule has 0 aliphatic heterocycles. The zero-order valence-corrected chi connectivity index (χ0v) is 16.3. The van der Waals surface area contributed by atoms with Crippen molar-refractivity contribution in [2.24, 2.45) is 0 Å². The first-order valence-electron chi connectivity index (χ1n) is 8.19. The smallest absolute Gasteiger partial charge is 0.339 e. The lowest BCUT2D eigenvalue weighted by molar-refractivity contribution is -0.111. The van der Waals surface area contributed by atoms with E-state index in [-0.39, 0.29) is 5.56 Å². The van der Waals surface area contributed by atoms with Gasteiger partial charge in [0, 0.05) is 16.7 Å². The molecular formula is C21H15Cl2NO4. The van der Waals surface area contributed by atoms with Gasteiger partial charge < -0.3 is 14.5 Å². The third kappa shape index (κ3) is 4.63. The van der Waals surface area contributed by atoms with Gasteiger partial charge in [-0.15, -0.1) is 0 Å². The molecule has 1 aromatic heterocycles. The molecule has 0 saturated carbocycles. The maximum atomic E-state index is 12.2. The molecule has 2 aromatic carbocycles. The first kappa shape index (κ1) is 19.7. The molecule has 7 heteroatoms. The van der Waals surface area contributed by atoms with Crippen LogP contribution in [0.25, 0.3) is 17.4 Å². The van der Waals surface area contributed by atoms with Crippen LogP contribution in [0, 0.1) is 0 Å². The molecule has 0 fully saturated rings. The van der Waals surface area contributed by atoms with Crippen LogP contribution in [0.4, 0.5) is 5.69 Å². The van der Waals surface area contributed by atoms with Crippen molar-refractivity contribution in [3.63, 3.8) is 0 Å². The number of anilines is 1. The highest BCUT2D eigenvalue weighted by molar-refractivity contribution is 6.36. The molecule has 5 nitrogen and oxygen atoms in total. The number of methoxy groups -OCH3 is 1. The monoisotopic (exact) mass is 415 g/mol. The van der Waals surface area contributed by atoms with Crippen molar-refractivity contribution >= 4 is 46.8 Å². The number of benzene rings is 2. The van der Waals surface area contributed by atoms with Crippen molar-refractivity contribution in [2.45, 2.75) is 0 Å². The summed E-state index contributed by atoms with van der Waals surface area (Å²) in [6, 6.07) is 15.1. The summed E-state index contributed by atoms with van der Waals surface area (Å²) in [5.74, 6) is 0.0735. The van der Waals surface area contributed by atoms with E-state index in [1.807, 2.05) is 0 Å². The summed E-state index contributed by atoms with van der Waals surface area (Å²) >= 11 is 12.1. The highest BCUT2D eigenvalue weighted by Crippen LogP contribution is 2.31. The summed E-state index contributed by atoms with van der Waals surface area (Å²) in [5.41, 5.74) is 1.32. The number of esters is 1. The van der Waals surface area contributed by atoms with Crippen LogP contribution in [0.2, 0.25) is 10.0 Å². The molecule has 0 bridgehead atoms. The number of para-hydroxylation sites is 1. The molecule has 3 rings (SSSR count). The average molecular weight is 416 g/mol. The zero-order valence-electron chi connectivity index (χ0n) is 14.7. The van der Waals surface area contributed by atoms with Crippen LogP contribution in [0.1, 0.15) is 16.1 Å². The Hall–Kier alpha value is -3.02. The molecule has 0 aliphatic carbocycles. The number of ether oxygens (including phenoxy) is 1. The SMILES string of the molecule is COC(=O)c1ccccc1NC(=O)/C=C/c1ccc(-c2ccc(Cl)cc2Cl)o1. The Morgan fingerprint density at radius 2 is 1.86 bits per heavy atom. The minimum atomic E-state index is -0.532. The van der Waals surface area contributed by atoms with Crippen molar-refractivity contribution in [1.29, 1.82) is 0 Å². The second-order valence-corrected chi connectivity index (χ2v) is 6.53. The highest BCUT2D eigenvalue weighted by Gasteiger charge is 2.12. The van der Waals surface area contributed by atoms with Gasteiger partial charge in [0.2, 0.25) is 5.91 Å². The fraction of sp³-hybridized carbons (Fsp3) is 0.0476. The van der Waals surface area contributed by atoms with E-state index in [0.717, 1.165) is 0 Å². The molecule has 142 valence electrons. The molecule has 0 saturated heterocycles. The molecule has 0 atom stereocenters. The van der Waals surface area contributed by atoms with Gasteiger partial charge in [-0.1, -0.05) is 35.3 Å². The van der Waals surface area contributed by atoms with Gasteiger partial charge in [-0.3, -0.25) is 4.79 Å². The van der Waals surface area contributed by atoms with Gasteiger partial charge in [0.25, 0.3) is 0 Å². The number of carbonyl (C=O) groups excluding carboxylic acids is 2. The Bertz CT molecular complexity index is 1060. The number of halogens is 2. The first-order chi connectivity index (χ1) is 13.5. The minimum absolute atomic E-state index is 0.268. The predicted molar refractivity (Wildman–Crippen MR) is 110 cm³/mol. The van der Waals surface area contributed by atoms with Gasteiger partial charge in [-0.05, 0) is 48.5 Å². The van der Waals surface area contributed by atoms with Crippen LogP contribution < -0.4 is 5.32 Å². The highest BCUT2D eigenvalue weighted by atomic mass is 35.5. The zero-order chi connectivity index (χ0) is 20.1. The van der Waals surface area contributed by atoms with Crippen molar-refractivity contribution < 1.29 is 18.7 Å². The molecule has 3 aromatic rings. The fourth-order valence-corrected chi connectivity index (χ4v) is 2.99. The van der Waals surface area contributed by atoms with E-state index in [9.17, 15) is 9.59 Å². The van der Waals surface area contributed by atoms with Crippen LogP contribution in [-0.2, 0) is 9.53 Å². The molecule has 1 amide bonds. The largest absolute Gasteiger partial charge is 0.465 e. The number of carbonyl (C=O) groups is 2. The number of nitrogens with one attached hydrogen (secondary N) is 1. The quantitative estimate of drug-likeness (QED) is 0.429. The van der Waals surface area contributed by atoms with Crippen LogP contribution in [-0.4, -0.2) is 19.0 Å². The fourth-order valence-electron chi connectivity index (χ4n) is 2.49. The maximum Gasteiger partial charge on any atom is 0.339 e. The normalized spacial score (nSPS) is 10.8. The Kier molecular flexibility index (Phi) is 6.19. The molecule has 0 aliphatic rings. The summed E-state index contributed by atoms with van der Waals surface area (Å²) in [7, 11) is 1.28. The Balaban J connectivity index is 1.72. The van der Waals surface area contributed by atoms with Crippen LogP contribution >= 0.6 is 23.2 Å². The van der Waals surface area contributed by atoms with E-state index in [1.54, 1.807) is 54.6 Å². The van der Waals surface area contributed by atoms with E-state index in [1.165, 1.54) is 19.3 Å². The van der Waals surface area contributed by atoms with Crippen molar-refractivity contribution in [3.8, 4) is 11.3 Å². The first-order valence-corrected chi connectivity index (χ1v) is 8.95. The van der Waals surface area contributed by atoms with E-state index in [0.29, 0.717) is 32.8 Å². The van der Waals surface area contributed by atoms with Crippen molar-refractivity contribution in [2.75, 3.05) is 12.4 Å². The second kappa shape index (κ2) is 8.78. The molecule has 0 unspecified atom stereocenters. The number of hydrogen-bond donors (Lipinski definition) is 1. The topological polar surface area (TPSA) is 68.5 Å². The van der Waals surface area contributed by atoms with Crippen LogP contribution in [0.15, 0.2) is 65.1 Å². The van der Waals surface area contributed by atoms with Gasteiger partial charge in [0.05, 0.1) is 23.4 Å². The number of rotatable bonds is 5. The lowest BCUT2D eigenvalue weighted by atomic mass is 10.2. The minimum Gasteiger partial charge on any atom is -0.465 e. The molecular weight excluding hydrogens is 401 g/mol. The molecule has 1 N–H and O–H groups in total.